The van der Waals surface area contributed by atoms with Gasteiger partial charge in [0.25, 0.3) is 11.8 Å². The smallest absolute Gasteiger partial charge is 0.271 e. The van der Waals surface area contributed by atoms with E-state index >= 15 is 0 Å². The van der Waals surface area contributed by atoms with Crippen molar-refractivity contribution in [2.45, 2.75) is 6.54 Å². The first-order valence-corrected chi connectivity index (χ1v) is 10.5. The van der Waals surface area contributed by atoms with Crippen molar-refractivity contribution < 1.29 is 9.59 Å². The highest BCUT2D eigenvalue weighted by Gasteiger charge is 2.20. The number of nitrogens with one attached hydrogen (secondary N) is 2. The second-order valence-corrected chi connectivity index (χ2v) is 9.20. The molecule has 1 aliphatic heterocycles. The van der Waals surface area contributed by atoms with Crippen molar-refractivity contribution in [1.82, 2.24) is 20.7 Å². The highest BCUT2D eigenvalue weighted by atomic mass is 79.9. The van der Waals surface area contributed by atoms with Gasteiger partial charge in [0.05, 0.1) is 20.9 Å². The number of carbonyl (C=O) groups excluding carboxylic acids is 2. The van der Waals surface area contributed by atoms with Crippen LogP contribution in [0.1, 0.15) is 15.2 Å². The Hall–Kier alpha value is -1.45. The van der Waals surface area contributed by atoms with E-state index in [0.717, 1.165) is 36.5 Å². The Balaban J connectivity index is 1.38. The maximum atomic E-state index is 12.1. The van der Waals surface area contributed by atoms with Crippen LogP contribution in [0, 0.1) is 0 Å². The van der Waals surface area contributed by atoms with E-state index in [9.17, 15) is 9.59 Å². The summed E-state index contributed by atoms with van der Waals surface area (Å²) in [6.45, 7) is 4.64. The van der Waals surface area contributed by atoms with Gasteiger partial charge in [0.1, 0.15) is 0 Å². The Labute approximate surface area is 175 Å². The molecule has 1 aliphatic rings. The summed E-state index contributed by atoms with van der Waals surface area (Å²) in [5.41, 5.74) is 5.19. The van der Waals surface area contributed by atoms with Gasteiger partial charge in [0, 0.05) is 37.6 Å². The van der Waals surface area contributed by atoms with Crippen LogP contribution < -0.4 is 10.9 Å². The third-order valence-electron chi connectivity index (χ3n) is 4.27. The predicted octanol–water partition coefficient (Wildman–Crippen LogP) is 2.74. The van der Waals surface area contributed by atoms with Crippen LogP contribution >= 0.6 is 38.9 Å². The number of hydrazine groups is 1. The molecule has 2 heterocycles. The minimum Gasteiger partial charge on any atom is -0.296 e. The number of nitrogens with zero attached hydrogens (tertiary/aromatic N) is 2. The number of amides is 2. The Morgan fingerprint density at radius 2 is 1.74 bits per heavy atom. The molecule has 0 aliphatic carbocycles. The van der Waals surface area contributed by atoms with Crippen LogP contribution in [0.15, 0.2) is 40.2 Å². The first-order valence-electron chi connectivity index (χ1n) is 8.54. The van der Waals surface area contributed by atoms with E-state index in [2.05, 4.69) is 48.7 Å². The molecule has 1 aromatic heterocycles. The van der Waals surface area contributed by atoms with Gasteiger partial charge in [-0.15, -0.1) is 11.3 Å². The molecule has 0 unspecified atom stereocenters. The van der Waals surface area contributed by atoms with Gasteiger partial charge < -0.3 is 0 Å². The highest BCUT2D eigenvalue weighted by molar-refractivity contribution is 9.11. The van der Waals surface area contributed by atoms with E-state index in [-0.39, 0.29) is 12.5 Å². The zero-order valence-corrected chi connectivity index (χ0v) is 17.7. The summed E-state index contributed by atoms with van der Waals surface area (Å²) < 4.78 is 1.15. The summed E-state index contributed by atoms with van der Waals surface area (Å²) in [6.07, 6.45) is 0. The predicted molar refractivity (Wildman–Crippen MR) is 111 cm³/mol. The van der Waals surface area contributed by atoms with E-state index in [1.54, 1.807) is 35.6 Å². The first-order chi connectivity index (χ1) is 13.0. The molecule has 2 aromatic rings. The van der Waals surface area contributed by atoms with Crippen molar-refractivity contribution in [1.29, 1.82) is 0 Å². The summed E-state index contributed by atoms with van der Waals surface area (Å²) in [7, 11) is 0. The summed E-state index contributed by atoms with van der Waals surface area (Å²) >= 11 is 11.2. The molecule has 0 radical (unpaired) electrons. The van der Waals surface area contributed by atoms with E-state index < -0.39 is 5.91 Å². The van der Waals surface area contributed by atoms with E-state index in [4.69, 9.17) is 11.6 Å². The zero-order chi connectivity index (χ0) is 19.2. The zero-order valence-electron chi connectivity index (χ0n) is 14.6. The SMILES string of the molecule is O=C(CN1CCN(Cc2ccc(Br)s2)CC1)NNC(=O)c1ccccc1Cl. The number of piperazine rings is 1. The molecule has 1 aromatic carbocycles. The molecule has 1 fully saturated rings. The number of hydrogen-bond donors (Lipinski definition) is 2. The van der Waals surface area contributed by atoms with Gasteiger partial charge in [-0.05, 0) is 40.2 Å². The third kappa shape index (κ3) is 6.02. The lowest BCUT2D eigenvalue weighted by atomic mass is 10.2. The van der Waals surface area contributed by atoms with Gasteiger partial charge >= 0.3 is 0 Å². The van der Waals surface area contributed by atoms with E-state index in [0.29, 0.717) is 10.6 Å². The average Bonchev–Trinajstić information content (AvgIpc) is 3.06. The van der Waals surface area contributed by atoms with Crippen molar-refractivity contribution in [3.8, 4) is 0 Å². The lowest BCUT2D eigenvalue weighted by Crippen LogP contribution is -2.51. The van der Waals surface area contributed by atoms with E-state index in [1.807, 2.05) is 0 Å². The Morgan fingerprint density at radius 3 is 2.41 bits per heavy atom. The van der Waals surface area contributed by atoms with Crippen LogP contribution in [-0.4, -0.2) is 54.3 Å². The Kier molecular flexibility index (Phi) is 7.26. The third-order valence-corrected chi connectivity index (χ3v) is 6.21. The van der Waals surface area contributed by atoms with Crippen molar-refractivity contribution >= 4 is 50.7 Å². The highest BCUT2D eigenvalue weighted by Crippen LogP contribution is 2.23. The van der Waals surface area contributed by atoms with Crippen molar-refractivity contribution in [2.24, 2.45) is 0 Å². The van der Waals surface area contributed by atoms with Gasteiger partial charge in [0.15, 0.2) is 0 Å². The molecule has 2 N–H and O–H groups in total. The second kappa shape index (κ2) is 9.66. The number of carbonyl (C=O) groups is 2. The summed E-state index contributed by atoms with van der Waals surface area (Å²) in [5.74, 6) is -0.674. The molecular weight excluding hydrogens is 452 g/mol. The lowest BCUT2D eigenvalue weighted by molar-refractivity contribution is -0.123. The largest absolute Gasteiger partial charge is 0.296 e. The first kappa shape index (κ1) is 20.3. The molecule has 0 spiro atoms. The Morgan fingerprint density at radius 1 is 1.04 bits per heavy atom. The molecule has 2 amide bonds. The molecule has 0 saturated carbocycles. The molecule has 3 rings (SSSR count). The van der Waals surface area contributed by atoms with Gasteiger partial charge in [-0.3, -0.25) is 30.2 Å². The standard InChI is InChI=1S/C18H20BrClN4O2S/c19-16-6-5-13(27-16)11-23-7-9-24(10-8-23)12-17(25)21-22-18(26)14-3-1-2-4-15(14)20/h1-6H,7-12H2,(H,21,25)(H,22,26). The van der Waals surface area contributed by atoms with Crippen LogP contribution in [0.25, 0.3) is 0 Å². The minimum atomic E-state index is -0.430. The monoisotopic (exact) mass is 470 g/mol. The average molecular weight is 472 g/mol. The summed E-state index contributed by atoms with van der Waals surface area (Å²) in [4.78, 5) is 29.9. The summed E-state index contributed by atoms with van der Waals surface area (Å²) in [5, 5.41) is 0.346. The quantitative estimate of drug-likeness (QED) is 0.658. The maximum absolute atomic E-state index is 12.1. The molecular formula is C18H20BrClN4O2S. The molecule has 27 heavy (non-hydrogen) atoms. The van der Waals surface area contributed by atoms with Gasteiger partial charge in [-0.25, -0.2) is 0 Å². The summed E-state index contributed by atoms with van der Waals surface area (Å²) in [6, 6.07) is 10.9. The fraction of sp³-hybridized carbons (Fsp3) is 0.333. The molecule has 144 valence electrons. The van der Waals surface area contributed by atoms with Crippen LogP contribution in [0.3, 0.4) is 0 Å². The van der Waals surface area contributed by atoms with Gasteiger partial charge in [0.2, 0.25) is 0 Å². The molecule has 0 atom stereocenters. The molecule has 0 bridgehead atoms. The molecule has 1 saturated heterocycles. The van der Waals surface area contributed by atoms with Gasteiger partial charge in [-0.2, -0.15) is 0 Å². The van der Waals surface area contributed by atoms with Crippen molar-refractivity contribution in [3.63, 3.8) is 0 Å². The van der Waals surface area contributed by atoms with Crippen LogP contribution in [0.5, 0.6) is 0 Å². The number of halogens is 2. The number of hydrogen-bond acceptors (Lipinski definition) is 5. The normalized spacial score (nSPS) is 15.5. The van der Waals surface area contributed by atoms with Crippen molar-refractivity contribution in [2.75, 3.05) is 32.7 Å². The number of rotatable bonds is 5. The molecule has 6 nitrogen and oxygen atoms in total. The van der Waals surface area contributed by atoms with E-state index in [1.165, 1.54) is 4.88 Å². The lowest BCUT2D eigenvalue weighted by Gasteiger charge is -2.33. The minimum absolute atomic E-state index is 0.244. The second-order valence-electron chi connectivity index (χ2n) is 6.24. The molecule has 9 heteroatoms. The maximum Gasteiger partial charge on any atom is 0.271 e. The van der Waals surface area contributed by atoms with Gasteiger partial charge in [-0.1, -0.05) is 23.7 Å². The van der Waals surface area contributed by atoms with Crippen LogP contribution in [-0.2, 0) is 11.3 Å². The topological polar surface area (TPSA) is 64.7 Å². The fourth-order valence-electron chi connectivity index (χ4n) is 2.84. The fourth-order valence-corrected chi connectivity index (χ4v) is 4.59. The van der Waals surface area contributed by atoms with Crippen LogP contribution in [0.4, 0.5) is 0 Å². The Bertz CT molecular complexity index is 808. The number of thiophene rings is 1. The van der Waals surface area contributed by atoms with Crippen molar-refractivity contribution in [3.05, 3.63) is 55.6 Å². The number of benzene rings is 1. The van der Waals surface area contributed by atoms with Crippen LogP contribution in [0.2, 0.25) is 5.02 Å².